The molecule has 1 aromatic rings. The normalized spacial score (nSPS) is 12.4. The van der Waals surface area contributed by atoms with Gasteiger partial charge in [-0.05, 0) is 44.3 Å². The molecular formula is C18H32Cl2N4O2. The zero-order valence-electron chi connectivity index (χ0n) is 16.0. The van der Waals surface area contributed by atoms with Gasteiger partial charge < -0.3 is 21.3 Å². The first kappa shape index (κ1) is 26.9. The molecule has 0 saturated heterocycles. The van der Waals surface area contributed by atoms with Crippen molar-refractivity contribution >= 4 is 42.3 Å². The Morgan fingerprint density at radius 2 is 1.62 bits per heavy atom. The number of anilines is 1. The maximum Gasteiger partial charge on any atom is 0.251 e. The van der Waals surface area contributed by atoms with Gasteiger partial charge in [-0.25, -0.2) is 0 Å². The van der Waals surface area contributed by atoms with Gasteiger partial charge in [0.1, 0.15) is 0 Å². The molecule has 1 aromatic carbocycles. The Hall–Kier alpha value is -1.34. The summed E-state index contributed by atoms with van der Waals surface area (Å²) in [6.45, 7) is 11.2. The third-order valence-corrected chi connectivity index (χ3v) is 4.22. The zero-order chi connectivity index (χ0) is 18.1. The number of nitrogens with two attached hydrogens (primary N) is 1. The number of likely N-dealkylation sites (N-methyl/N-ethyl adjacent to an activating group) is 1. The first-order valence-corrected chi connectivity index (χ1v) is 8.56. The molecule has 0 aliphatic rings. The van der Waals surface area contributed by atoms with Crippen LogP contribution in [0.1, 0.15) is 38.1 Å². The number of nitrogens with one attached hydrogen (secondary N) is 2. The molecule has 0 bridgehead atoms. The Bertz CT molecular complexity index is 534. The molecule has 8 heteroatoms. The van der Waals surface area contributed by atoms with E-state index in [1.807, 2.05) is 0 Å². The lowest BCUT2D eigenvalue weighted by Gasteiger charge is -2.18. The third kappa shape index (κ3) is 8.85. The van der Waals surface area contributed by atoms with Gasteiger partial charge in [0.2, 0.25) is 5.91 Å². The van der Waals surface area contributed by atoms with Crippen LogP contribution in [0.3, 0.4) is 0 Å². The van der Waals surface area contributed by atoms with E-state index in [4.69, 9.17) is 5.73 Å². The standard InChI is InChI=1S/C18H30N4O2.2ClH/c1-5-22(6-2)12-11-20-18(24)15-7-9-16(10-8-15)21-17(23)13(3)14(4)19;;/h7-10,13-14H,5-6,11-12,19H2,1-4H3,(H,20,24)(H,21,23);2*1H. The summed E-state index contributed by atoms with van der Waals surface area (Å²) in [4.78, 5) is 26.3. The highest BCUT2D eigenvalue weighted by molar-refractivity contribution is 5.96. The van der Waals surface area contributed by atoms with Crippen LogP contribution in [0.5, 0.6) is 0 Å². The first-order valence-electron chi connectivity index (χ1n) is 8.56. The van der Waals surface area contributed by atoms with E-state index in [0.29, 0.717) is 17.8 Å². The van der Waals surface area contributed by atoms with Crippen LogP contribution in [-0.4, -0.2) is 48.9 Å². The zero-order valence-corrected chi connectivity index (χ0v) is 17.6. The van der Waals surface area contributed by atoms with Gasteiger partial charge in [0.25, 0.3) is 5.91 Å². The molecule has 0 aliphatic heterocycles. The Balaban J connectivity index is 0. The van der Waals surface area contributed by atoms with Crippen molar-refractivity contribution in [3.63, 3.8) is 0 Å². The molecule has 150 valence electrons. The molecular weight excluding hydrogens is 375 g/mol. The minimum absolute atomic E-state index is 0. The van der Waals surface area contributed by atoms with Crippen molar-refractivity contribution < 1.29 is 9.59 Å². The van der Waals surface area contributed by atoms with E-state index in [0.717, 1.165) is 19.6 Å². The van der Waals surface area contributed by atoms with E-state index in [9.17, 15) is 9.59 Å². The number of hydrogen-bond donors (Lipinski definition) is 3. The summed E-state index contributed by atoms with van der Waals surface area (Å²) in [5.41, 5.74) is 6.96. The summed E-state index contributed by atoms with van der Waals surface area (Å²) < 4.78 is 0. The lowest BCUT2D eigenvalue weighted by atomic mass is 10.0. The Labute approximate surface area is 169 Å². The summed E-state index contributed by atoms with van der Waals surface area (Å²) in [6.07, 6.45) is 0. The van der Waals surface area contributed by atoms with Crippen LogP contribution in [0, 0.1) is 5.92 Å². The van der Waals surface area contributed by atoms with E-state index >= 15 is 0 Å². The molecule has 26 heavy (non-hydrogen) atoms. The number of hydrogen-bond acceptors (Lipinski definition) is 4. The maximum atomic E-state index is 12.1. The fourth-order valence-corrected chi connectivity index (χ4v) is 2.17. The third-order valence-electron chi connectivity index (χ3n) is 4.22. The molecule has 2 amide bonds. The maximum absolute atomic E-state index is 12.1. The molecule has 0 radical (unpaired) electrons. The lowest BCUT2D eigenvalue weighted by molar-refractivity contribution is -0.119. The first-order chi connectivity index (χ1) is 11.4. The van der Waals surface area contributed by atoms with Crippen molar-refractivity contribution in [2.75, 3.05) is 31.5 Å². The van der Waals surface area contributed by atoms with E-state index in [2.05, 4.69) is 29.4 Å². The molecule has 1 rings (SSSR count). The van der Waals surface area contributed by atoms with Crippen LogP contribution >= 0.6 is 24.8 Å². The highest BCUT2D eigenvalue weighted by Crippen LogP contribution is 2.12. The SMILES string of the molecule is CCN(CC)CCNC(=O)c1ccc(NC(=O)C(C)C(C)N)cc1.Cl.Cl. The van der Waals surface area contributed by atoms with E-state index in [1.54, 1.807) is 38.1 Å². The second kappa shape index (κ2) is 13.8. The molecule has 0 aromatic heterocycles. The Morgan fingerprint density at radius 3 is 2.08 bits per heavy atom. The predicted octanol–water partition coefficient (Wildman–Crippen LogP) is 2.52. The summed E-state index contributed by atoms with van der Waals surface area (Å²) >= 11 is 0. The molecule has 0 heterocycles. The smallest absolute Gasteiger partial charge is 0.251 e. The molecule has 0 aliphatic carbocycles. The molecule has 0 spiro atoms. The fourth-order valence-electron chi connectivity index (χ4n) is 2.17. The lowest BCUT2D eigenvalue weighted by Crippen LogP contribution is -2.35. The number of carbonyl (C=O) groups excluding carboxylic acids is 2. The van der Waals surface area contributed by atoms with Crippen molar-refractivity contribution in [1.29, 1.82) is 0 Å². The molecule has 4 N–H and O–H groups in total. The monoisotopic (exact) mass is 406 g/mol. The summed E-state index contributed by atoms with van der Waals surface area (Å²) in [5.74, 6) is -0.501. The van der Waals surface area contributed by atoms with Crippen molar-refractivity contribution in [2.45, 2.75) is 33.7 Å². The number of carbonyl (C=O) groups is 2. The van der Waals surface area contributed by atoms with Crippen molar-refractivity contribution in [1.82, 2.24) is 10.2 Å². The predicted molar refractivity (Wildman–Crippen MR) is 113 cm³/mol. The molecule has 2 unspecified atom stereocenters. The van der Waals surface area contributed by atoms with Crippen LogP contribution in [0.25, 0.3) is 0 Å². The van der Waals surface area contributed by atoms with Gasteiger partial charge in [-0.1, -0.05) is 20.8 Å². The van der Waals surface area contributed by atoms with Gasteiger partial charge >= 0.3 is 0 Å². The van der Waals surface area contributed by atoms with Crippen LogP contribution in [-0.2, 0) is 4.79 Å². The Kier molecular flexibility index (Phi) is 14.3. The van der Waals surface area contributed by atoms with Crippen LogP contribution in [0.15, 0.2) is 24.3 Å². The number of rotatable bonds is 9. The number of amides is 2. The van der Waals surface area contributed by atoms with Crippen molar-refractivity contribution in [3.8, 4) is 0 Å². The van der Waals surface area contributed by atoms with Gasteiger partial charge in [0.05, 0.1) is 5.92 Å². The van der Waals surface area contributed by atoms with Gasteiger partial charge in [0, 0.05) is 30.4 Å². The average molecular weight is 407 g/mol. The van der Waals surface area contributed by atoms with Crippen molar-refractivity contribution in [2.24, 2.45) is 11.7 Å². The topological polar surface area (TPSA) is 87.5 Å². The highest BCUT2D eigenvalue weighted by atomic mass is 35.5. The Morgan fingerprint density at radius 1 is 1.08 bits per heavy atom. The van der Waals surface area contributed by atoms with E-state index in [-0.39, 0.29) is 48.6 Å². The number of nitrogens with zero attached hydrogens (tertiary/aromatic N) is 1. The molecule has 6 nitrogen and oxygen atoms in total. The largest absolute Gasteiger partial charge is 0.351 e. The van der Waals surface area contributed by atoms with Gasteiger partial charge in [-0.15, -0.1) is 24.8 Å². The number of benzene rings is 1. The minimum atomic E-state index is -0.270. The minimum Gasteiger partial charge on any atom is -0.351 e. The average Bonchev–Trinajstić information content (AvgIpc) is 2.58. The molecule has 0 saturated carbocycles. The van der Waals surface area contributed by atoms with E-state index in [1.165, 1.54) is 0 Å². The summed E-state index contributed by atoms with van der Waals surface area (Å²) in [5, 5.41) is 5.71. The second-order valence-electron chi connectivity index (χ2n) is 6.00. The summed E-state index contributed by atoms with van der Waals surface area (Å²) in [6, 6.07) is 6.66. The van der Waals surface area contributed by atoms with Gasteiger partial charge in [-0.2, -0.15) is 0 Å². The molecule has 0 fully saturated rings. The molecule has 2 atom stereocenters. The van der Waals surface area contributed by atoms with Gasteiger partial charge in [-0.3, -0.25) is 9.59 Å². The van der Waals surface area contributed by atoms with Crippen LogP contribution in [0.4, 0.5) is 5.69 Å². The quantitative estimate of drug-likeness (QED) is 0.587. The fraction of sp³-hybridized carbons (Fsp3) is 0.556. The van der Waals surface area contributed by atoms with Gasteiger partial charge in [0.15, 0.2) is 0 Å². The highest BCUT2D eigenvalue weighted by Gasteiger charge is 2.17. The van der Waals surface area contributed by atoms with Crippen molar-refractivity contribution in [3.05, 3.63) is 29.8 Å². The van der Waals surface area contributed by atoms with Crippen LogP contribution in [0.2, 0.25) is 0 Å². The van der Waals surface area contributed by atoms with E-state index < -0.39 is 0 Å². The second-order valence-corrected chi connectivity index (χ2v) is 6.00. The summed E-state index contributed by atoms with van der Waals surface area (Å²) in [7, 11) is 0. The van der Waals surface area contributed by atoms with Crippen LogP contribution < -0.4 is 16.4 Å². The number of halogens is 2.